The van der Waals surface area contributed by atoms with Crippen LogP contribution in [0.4, 0.5) is 0 Å². The number of hydrogen-bond donors (Lipinski definition) is 2. The summed E-state index contributed by atoms with van der Waals surface area (Å²) in [5, 5.41) is 8.46. The van der Waals surface area contributed by atoms with Gasteiger partial charge < -0.3 is 10.6 Å². The number of amides is 1. The molecule has 0 aliphatic heterocycles. The largest absolute Gasteiger partial charge is 0.351 e. The number of aryl methyl sites for hydroxylation is 1. The van der Waals surface area contributed by atoms with Gasteiger partial charge in [0.1, 0.15) is 0 Å². The van der Waals surface area contributed by atoms with Crippen molar-refractivity contribution in [2.24, 2.45) is 0 Å². The monoisotopic (exact) mass is 268 g/mol. The molecule has 0 fully saturated rings. The highest BCUT2D eigenvalue weighted by Crippen LogP contribution is 2.23. The molecule has 4 heteroatoms. The molecule has 0 aliphatic rings. The van der Waals surface area contributed by atoms with Gasteiger partial charge in [0.15, 0.2) is 0 Å². The van der Waals surface area contributed by atoms with Crippen LogP contribution in [0, 0.1) is 6.92 Å². The molecule has 1 atom stereocenters. The van der Waals surface area contributed by atoms with E-state index in [1.54, 1.807) is 11.3 Å². The second-order valence-electron chi connectivity index (χ2n) is 5.69. The molecule has 2 N–H and O–H groups in total. The molecule has 1 unspecified atom stereocenters. The zero-order chi connectivity index (χ0) is 13.8. The molecular formula is C14H24N2OS. The van der Waals surface area contributed by atoms with Crippen molar-refractivity contribution >= 4 is 17.2 Å². The molecule has 0 spiro atoms. The van der Waals surface area contributed by atoms with Crippen molar-refractivity contribution in [3.8, 4) is 0 Å². The molecule has 1 aromatic rings. The van der Waals surface area contributed by atoms with Crippen LogP contribution in [0.15, 0.2) is 11.4 Å². The number of carbonyl (C=O) groups excluding carboxylic acids is 1. The molecule has 1 heterocycles. The minimum Gasteiger partial charge on any atom is -0.351 e. The van der Waals surface area contributed by atoms with Crippen molar-refractivity contribution in [3.63, 3.8) is 0 Å². The number of thiophene rings is 1. The number of hydrogen-bond acceptors (Lipinski definition) is 3. The fraction of sp³-hybridized carbons (Fsp3) is 0.643. The summed E-state index contributed by atoms with van der Waals surface area (Å²) in [7, 11) is 0. The van der Waals surface area contributed by atoms with Crippen molar-refractivity contribution in [3.05, 3.63) is 21.9 Å². The number of rotatable bonds is 5. The van der Waals surface area contributed by atoms with Gasteiger partial charge in [0.2, 0.25) is 5.91 Å². The standard InChI is InChI=1S/C14H24N2OS/c1-10-7-9-18-13(10)11(2)15-8-6-12(17)16-14(3,4)5/h7,9,11,15H,6,8H2,1-5H3,(H,16,17). The third-order valence-electron chi connectivity index (χ3n) is 2.61. The lowest BCUT2D eigenvalue weighted by atomic mass is 10.1. The van der Waals surface area contributed by atoms with Crippen molar-refractivity contribution in [1.82, 2.24) is 10.6 Å². The van der Waals surface area contributed by atoms with E-state index in [9.17, 15) is 4.79 Å². The predicted octanol–water partition coefficient (Wildman–Crippen LogP) is 3.01. The molecule has 0 saturated heterocycles. The second kappa shape index (κ2) is 6.34. The summed E-state index contributed by atoms with van der Waals surface area (Å²) in [6, 6.07) is 2.44. The minimum absolute atomic E-state index is 0.102. The summed E-state index contributed by atoms with van der Waals surface area (Å²) in [6.07, 6.45) is 0.520. The van der Waals surface area contributed by atoms with E-state index in [1.807, 2.05) is 20.8 Å². The Morgan fingerprint density at radius 1 is 1.44 bits per heavy atom. The molecule has 0 saturated carbocycles. The first-order valence-corrected chi connectivity index (χ1v) is 7.26. The van der Waals surface area contributed by atoms with Gasteiger partial charge in [-0.1, -0.05) is 0 Å². The highest BCUT2D eigenvalue weighted by Gasteiger charge is 2.14. The highest BCUT2D eigenvalue weighted by atomic mass is 32.1. The van der Waals surface area contributed by atoms with E-state index in [1.165, 1.54) is 10.4 Å². The van der Waals surface area contributed by atoms with E-state index in [2.05, 4.69) is 35.9 Å². The molecule has 102 valence electrons. The van der Waals surface area contributed by atoms with Gasteiger partial charge in [-0.05, 0) is 51.6 Å². The Bertz CT molecular complexity index is 393. The van der Waals surface area contributed by atoms with Crippen LogP contribution < -0.4 is 10.6 Å². The van der Waals surface area contributed by atoms with Gasteiger partial charge in [0, 0.05) is 29.4 Å². The van der Waals surface area contributed by atoms with Crippen LogP contribution in [-0.2, 0) is 4.79 Å². The fourth-order valence-corrected chi connectivity index (χ4v) is 2.76. The van der Waals surface area contributed by atoms with E-state index in [4.69, 9.17) is 0 Å². The van der Waals surface area contributed by atoms with Crippen LogP contribution in [-0.4, -0.2) is 18.0 Å². The Labute approximate surface area is 114 Å². The third-order valence-corrected chi connectivity index (χ3v) is 3.81. The maximum Gasteiger partial charge on any atom is 0.221 e. The molecule has 0 aromatic carbocycles. The first-order valence-electron chi connectivity index (χ1n) is 6.38. The first kappa shape index (κ1) is 15.2. The quantitative estimate of drug-likeness (QED) is 0.862. The van der Waals surface area contributed by atoms with E-state index >= 15 is 0 Å². The highest BCUT2D eigenvalue weighted by molar-refractivity contribution is 7.10. The van der Waals surface area contributed by atoms with Crippen LogP contribution in [0.3, 0.4) is 0 Å². The van der Waals surface area contributed by atoms with E-state index < -0.39 is 0 Å². The Morgan fingerprint density at radius 2 is 2.11 bits per heavy atom. The molecule has 3 nitrogen and oxygen atoms in total. The van der Waals surface area contributed by atoms with Crippen LogP contribution in [0.5, 0.6) is 0 Å². The van der Waals surface area contributed by atoms with E-state index in [0.717, 1.165) is 0 Å². The first-order chi connectivity index (χ1) is 8.29. The van der Waals surface area contributed by atoms with Crippen LogP contribution in [0.2, 0.25) is 0 Å². The van der Waals surface area contributed by atoms with Crippen LogP contribution in [0.25, 0.3) is 0 Å². The SMILES string of the molecule is Cc1ccsc1C(C)NCCC(=O)NC(C)(C)C. The summed E-state index contributed by atoms with van der Waals surface area (Å²) in [5.41, 5.74) is 1.17. The molecule has 0 radical (unpaired) electrons. The second-order valence-corrected chi connectivity index (χ2v) is 6.64. The Kier molecular flexibility index (Phi) is 5.35. The molecular weight excluding hydrogens is 244 g/mol. The van der Waals surface area contributed by atoms with Gasteiger partial charge in [-0.3, -0.25) is 4.79 Å². The van der Waals surface area contributed by atoms with Gasteiger partial charge in [-0.25, -0.2) is 0 Å². The molecule has 1 amide bonds. The van der Waals surface area contributed by atoms with Crippen molar-refractivity contribution < 1.29 is 4.79 Å². The fourth-order valence-electron chi connectivity index (χ4n) is 1.80. The zero-order valence-electron chi connectivity index (χ0n) is 12.0. The maximum atomic E-state index is 11.6. The minimum atomic E-state index is -0.146. The summed E-state index contributed by atoms with van der Waals surface area (Å²) >= 11 is 1.76. The van der Waals surface area contributed by atoms with E-state index in [0.29, 0.717) is 19.0 Å². The smallest absolute Gasteiger partial charge is 0.221 e. The lowest BCUT2D eigenvalue weighted by Crippen LogP contribution is -2.41. The van der Waals surface area contributed by atoms with Crippen molar-refractivity contribution in [1.29, 1.82) is 0 Å². The predicted molar refractivity (Wildman–Crippen MR) is 78.0 cm³/mol. The Morgan fingerprint density at radius 3 is 2.61 bits per heavy atom. The summed E-state index contributed by atoms with van der Waals surface area (Å²) in [6.45, 7) is 11.0. The maximum absolute atomic E-state index is 11.6. The molecule has 18 heavy (non-hydrogen) atoms. The van der Waals surface area contributed by atoms with Gasteiger partial charge in [-0.2, -0.15) is 0 Å². The molecule has 1 rings (SSSR count). The normalized spacial score (nSPS) is 13.4. The third kappa shape index (κ3) is 5.19. The zero-order valence-corrected chi connectivity index (χ0v) is 12.8. The Hall–Kier alpha value is -0.870. The topological polar surface area (TPSA) is 41.1 Å². The van der Waals surface area contributed by atoms with Crippen molar-refractivity contribution in [2.45, 2.75) is 52.6 Å². The van der Waals surface area contributed by atoms with Crippen molar-refractivity contribution in [2.75, 3.05) is 6.54 Å². The lowest BCUT2D eigenvalue weighted by Gasteiger charge is -2.21. The van der Waals surface area contributed by atoms with E-state index in [-0.39, 0.29) is 11.4 Å². The van der Waals surface area contributed by atoms with Gasteiger partial charge in [-0.15, -0.1) is 11.3 Å². The van der Waals surface area contributed by atoms with Crippen LogP contribution >= 0.6 is 11.3 Å². The Balaban J connectivity index is 2.30. The molecule has 1 aromatic heterocycles. The summed E-state index contributed by atoms with van der Waals surface area (Å²) in [4.78, 5) is 13.0. The van der Waals surface area contributed by atoms with Gasteiger partial charge in [0.05, 0.1) is 0 Å². The van der Waals surface area contributed by atoms with Gasteiger partial charge in [0.25, 0.3) is 0 Å². The number of nitrogens with one attached hydrogen (secondary N) is 2. The lowest BCUT2D eigenvalue weighted by molar-refractivity contribution is -0.122. The van der Waals surface area contributed by atoms with Gasteiger partial charge >= 0.3 is 0 Å². The summed E-state index contributed by atoms with van der Waals surface area (Å²) in [5.74, 6) is 0.102. The van der Waals surface area contributed by atoms with Crippen LogP contribution in [0.1, 0.15) is 50.6 Å². The summed E-state index contributed by atoms with van der Waals surface area (Å²) < 4.78 is 0. The average molecular weight is 268 g/mol. The molecule has 0 aliphatic carbocycles. The molecule has 0 bridgehead atoms. The number of carbonyl (C=O) groups is 1. The average Bonchev–Trinajstić information content (AvgIpc) is 2.61.